The van der Waals surface area contributed by atoms with E-state index in [0.29, 0.717) is 21.8 Å². The van der Waals surface area contributed by atoms with Crippen LogP contribution in [0.4, 0.5) is 10.1 Å². The van der Waals surface area contributed by atoms with Crippen LogP contribution < -0.4 is 5.32 Å². The van der Waals surface area contributed by atoms with E-state index in [9.17, 15) is 14.3 Å². The third-order valence-corrected chi connectivity index (χ3v) is 4.03. The van der Waals surface area contributed by atoms with E-state index in [1.165, 1.54) is 18.2 Å². The van der Waals surface area contributed by atoms with Crippen LogP contribution in [0.5, 0.6) is 0 Å². The predicted molar refractivity (Wildman–Crippen MR) is 96.3 cm³/mol. The highest BCUT2D eigenvalue weighted by molar-refractivity contribution is 6.30. The third-order valence-electron chi connectivity index (χ3n) is 3.79. The first-order chi connectivity index (χ1) is 12.1. The molecule has 0 saturated heterocycles. The highest BCUT2D eigenvalue weighted by atomic mass is 35.5. The highest BCUT2D eigenvalue weighted by Crippen LogP contribution is 2.31. The van der Waals surface area contributed by atoms with Gasteiger partial charge in [0.05, 0.1) is 5.56 Å². The second-order valence-electron chi connectivity index (χ2n) is 5.48. The number of aliphatic hydroxyl groups is 1. The molecule has 0 heterocycles. The molecule has 5 heteroatoms. The number of carbonyl (C=O) groups excluding carboxylic acids is 1. The van der Waals surface area contributed by atoms with Gasteiger partial charge in [0.2, 0.25) is 0 Å². The van der Waals surface area contributed by atoms with E-state index in [0.717, 1.165) is 0 Å². The van der Waals surface area contributed by atoms with Crippen LogP contribution in [-0.4, -0.2) is 11.0 Å². The normalized spacial score (nSPS) is 11.8. The minimum absolute atomic E-state index is 0.0717. The zero-order valence-corrected chi connectivity index (χ0v) is 13.9. The van der Waals surface area contributed by atoms with Crippen LogP contribution in [0.25, 0.3) is 0 Å². The van der Waals surface area contributed by atoms with Gasteiger partial charge in [0, 0.05) is 16.3 Å². The smallest absolute Gasteiger partial charge is 0.258 e. The third kappa shape index (κ3) is 3.87. The van der Waals surface area contributed by atoms with Crippen molar-refractivity contribution in [3.05, 3.63) is 100 Å². The van der Waals surface area contributed by atoms with Crippen molar-refractivity contribution in [2.45, 2.75) is 6.10 Å². The Kier molecular flexibility index (Phi) is 5.12. The van der Waals surface area contributed by atoms with Gasteiger partial charge in [0.15, 0.2) is 0 Å². The molecule has 1 amide bonds. The summed E-state index contributed by atoms with van der Waals surface area (Å²) in [6, 6.07) is 19.5. The number of hydrogen-bond acceptors (Lipinski definition) is 2. The maximum Gasteiger partial charge on any atom is 0.258 e. The van der Waals surface area contributed by atoms with E-state index in [2.05, 4.69) is 5.32 Å². The van der Waals surface area contributed by atoms with E-state index < -0.39 is 17.8 Å². The molecule has 3 aromatic carbocycles. The summed E-state index contributed by atoms with van der Waals surface area (Å²) in [7, 11) is 0. The number of anilines is 1. The molecular weight excluding hydrogens is 341 g/mol. The zero-order chi connectivity index (χ0) is 17.8. The molecule has 0 unspecified atom stereocenters. The molecule has 3 rings (SSSR count). The molecule has 0 bridgehead atoms. The molecule has 0 aromatic heterocycles. The molecule has 0 spiro atoms. The van der Waals surface area contributed by atoms with Crippen LogP contribution in [0.1, 0.15) is 27.6 Å². The maximum atomic E-state index is 13.8. The summed E-state index contributed by atoms with van der Waals surface area (Å²) in [5.41, 5.74) is 1.39. The average Bonchev–Trinajstić information content (AvgIpc) is 2.63. The monoisotopic (exact) mass is 355 g/mol. The molecule has 0 saturated carbocycles. The number of benzene rings is 3. The number of carbonyl (C=O) groups is 1. The molecule has 1 atom stereocenters. The predicted octanol–water partition coefficient (Wildman–Crippen LogP) is 4.81. The van der Waals surface area contributed by atoms with Crippen LogP contribution in [-0.2, 0) is 0 Å². The van der Waals surface area contributed by atoms with Crippen LogP contribution in [0.2, 0.25) is 5.02 Å². The second-order valence-corrected chi connectivity index (χ2v) is 5.92. The maximum absolute atomic E-state index is 13.8. The van der Waals surface area contributed by atoms with E-state index in [-0.39, 0.29) is 5.56 Å². The summed E-state index contributed by atoms with van der Waals surface area (Å²) in [6.45, 7) is 0. The minimum Gasteiger partial charge on any atom is -0.384 e. The molecule has 0 aliphatic rings. The first kappa shape index (κ1) is 17.1. The van der Waals surface area contributed by atoms with Gasteiger partial charge in [0.1, 0.15) is 11.9 Å². The Morgan fingerprint density at radius 2 is 1.68 bits per heavy atom. The molecule has 2 N–H and O–H groups in total. The average molecular weight is 356 g/mol. The van der Waals surface area contributed by atoms with Crippen LogP contribution >= 0.6 is 11.6 Å². The van der Waals surface area contributed by atoms with Crippen molar-refractivity contribution in [1.82, 2.24) is 0 Å². The van der Waals surface area contributed by atoms with Crippen LogP contribution in [0, 0.1) is 5.82 Å². The first-order valence-corrected chi connectivity index (χ1v) is 8.02. The van der Waals surface area contributed by atoms with Gasteiger partial charge in [-0.15, -0.1) is 0 Å². The van der Waals surface area contributed by atoms with Crippen molar-refractivity contribution in [1.29, 1.82) is 0 Å². The van der Waals surface area contributed by atoms with Crippen LogP contribution in [0.15, 0.2) is 72.8 Å². The van der Waals surface area contributed by atoms with Crippen molar-refractivity contribution in [3.63, 3.8) is 0 Å². The molecule has 0 fully saturated rings. The largest absolute Gasteiger partial charge is 0.384 e. The fraction of sp³-hybridized carbons (Fsp3) is 0.0500. The van der Waals surface area contributed by atoms with Gasteiger partial charge in [-0.2, -0.15) is 0 Å². The highest BCUT2D eigenvalue weighted by Gasteiger charge is 2.18. The SMILES string of the molecule is O=C(Nc1ccc(Cl)cc1[C@H](O)c1ccccc1)c1ccccc1F. The quantitative estimate of drug-likeness (QED) is 0.705. The minimum atomic E-state index is -0.976. The van der Waals surface area contributed by atoms with E-state index in [4.69, 9.17) is 11.6 Å². The number of hydrogen-bond donors (Lipinski definition) is 2. The summed E-state index contributed by atoms with van der Waals surface area (Å²) in [5.74, 6) is -1.21. The number of aliphatic hydroxyl groups excluding tert-OH is 1. The Labute approximate surface area is 149 Å². The van der Waals surface area contributed by atoms with Gasteiger partial charge < -0.3 is 10.4 Å². The van der Waals surface area contributed by atoms with Gasteiger partial charge >= 0.3 is 0 Å². The molecule has 3 nitrogen and oxygen atoms in total. The Balaban J connectivity index is 1.95. The summed E-state index contributed by atoms with van der Waals surface area (Å²) < 4.78 is 13.8. The first-order valence-electron chi connectivity index (χ1n) is 7.64. The van der Waals surface area contributed by atoms with Crippen molar-refractivity contribution in [3.8, 4) is 0 Å². The molecule has 126 valence electrons. The lowest BCUT2D eigenvalue weighted by atomic mass is 9.99. The van der Waals surface area contributed by atoms with E-state index in [1.807, 2.05) is 6.07 Å². The van der Waals surface area contributed by atoms with Gasteiger partial charge in [-0.05, 0) is 35.9 Å². The Hall–Kier alpha value is -2.69. The number of amides is 1. The summed E-state index contributed by atoms with van der Waals surface area (Å²) in [6.07, 6.45) is -0.976. The molecule has 0 radical (unpaired) electrons. The summed E-state index contributed by atoms with van der Waals surface area (Å²) >= 11 is 6.04. The van der Waals surface area contributed by atoms with Gasteiger partial charge in [0.25, 0.3) is 5.91 Å². The fourth-order valence-electron chi connectivity index (χ4n) is 2.52. The van der Waals surface area contributed by atoms with Crippen molar-refractivity contribution >= 4 is 23.2 Å². The fourth-order valence-corrected chi connectivity index (χ4v) is 2.70. The second kappa shape index (κ2) is 7.47. The lowest BCUT2D eigenvalue weighted by Gasteiger charge is -2.17. The van der Waals surface area contributed by atoms with Gasteiger partial charge in [-0.1, -0.05) is 54.1 Å². The topological polar surface area (TPSA) is 49.3 Å². The molecule has 3 aromatic rings. The lowest BCUT2D eigenvalue weighted by molar-refractivity contribution is 0.102. The Morgan fingerprint density at radius 3 is 2.40 bits per heavy atom. The van der Waals surface area contributed by atoms with Crippen LogP contribution in [0.3, 0.4) is 0 Å². The lowest BCUT2D eigenvalue weighted by Crippen LogP contribution is -2.16. The Morgan fingerprint density at radius 1 is 1.00 bits per heavy atom. The molecular formula is C20H15ClFNO2. The number of rotatable bonds is 4. The summed E-state index contributed by atoms with van der Waals surface area (Å²) in [5, 5.41) is 13.7. The standard InChI is InChI=1S/C20H15ClFNO2/c21-14-10-11-18(23-20(25)15-8-4-5-9-17(15)22)16(12-14)19(24)13-6-2-1-3-7-13/h1-12,19,24H,(H,23,25)/t19-/m1/s1. The Bertz CT molecular complexity index is 899. The zero-order valence-electron chi connectivity index (χ0n) is 13.1. The molecule has 0 aliphatic heterocycles. The van der Waals surface area contributed by atoms with E-state index >= 15 is 0 Å². The number of nitrogens with one attached hydrogen (secondary N) is 1. The molecule has 0 aliphatic carbocycles. The van der Waals surface area contributed by atoms with E-state index in [1.54, 1.807) is 48.5 Å². The number of halogens is 2. The molecule has 25 heavy (non-hydrogen) atoms. The van der Waals surface area contributed by atoms with Crippen molar-refractivity contribution in [2.75, 3.05) is 5.32 Å². The van der Waals surface area contributed by atoms with Gasteiger partial charge in [-0.25, -0.2) is 4.39 Å². The van der Waals surface area contributed by atoms with Gasteiger partial charge in [-0.3, -0.25) is 4.79 Å². The van der Waals surface area contributed by atoms with Crippen molar-refractivity contribution in [2.24, 2.45) is 0 Å². The summed E-state index contributed by atoms with van der Waals surface area (Å²) in [4.78, 5) is 12.4. The van der Waals surface area contributed by atoms with Crippen molar-refractivity contribution < 1.29 is 14.3 Å².